The average molecular weight is 279 g/mol. The lowest BCUT2D eigenvalue weighted by molar-refractivity contribution is -0.334. The fourth-order valence-corrected chi connectivity index (χ4v) is 2.51. The Bertz CT molecular complexity index is 270. The third-order valence-corrected chi connectivity index (χ3v) is 3.47. The molecule has 2 saturated heterocycles. The highest BCUT2D eigenvalue weighted by molar-refractivity contribution is 7.80. The molecular formula is C11H21NO5S. The molecule has 1 unspecified atom stereocenters. The number of hydrogen-bond donors (Lipinski definition) is 3. The van der Waals surface area contributed by atoms with E-state index in [-0.39, 0.29) is 24.5 Å². The average Bonchev–Trinajstić information content (AvgIpc) is 2.37. The van der Waals surface area contributed by atoms with Crippen LogP contribution in [0, 0.1) is 0 Å². The zero-order chi connectivity index (χ0) is 13.1. The highest BCUT2D eigenvalue weighted by Gasteiger charge is 2.48. The summed E-state index contributed by atoms with van der Waals surface area (Å²) in [6.45, 7) is 2.96. The van der Waals surface area contributed by atoms with Crippen molar-refractivity contribution in [3.63, 3.8) is 0 Å². The number of aliphatic hydroxyl groups excluding tert-OH is 1. The SMILES string of the molecule is CO[C@H]1O[C@@H]2COC(C)O[C@H]2[C@@H](NCCS)[C@@H]1O. The van der Waals surface area contributed by atoms with Gasteiger partial charge in [-0.05, 0) is 6.92 Å². The molecule has 6 nitrogen and oxygen atoms in total. The Kier molecular flexibility index (Phi) is 5.25. The van der Waals surface area contributed by atoms with Crippen LogP contribution in [-0.4, -0.2) is 68.1 Å². The van der Waals surface area contributed by atoms with E-state index < -0.39 is 12.4 Å². The minimum absolute atomic E-state index is 0.230. The number of rotatable bonds is 4. The Morgan fingerprint density at radius 3 is 2.89 bits per heavy atom. The van der Waals surface area contributed by atoms with Gasteiger partial charge in [0.05, 0.1) is 12.6 Å². The van der Waals surface area contributed by atoms with Crippen LogP contribution in [0.4, 0.5) is 0 Å². The predicted octanol–water partition coefficient (Wildman–Crippen LogP) is -0.632. The summed E-state index contributed by atoms with van der Waals surface area (Å²) in [6, 6.07) is -0.243. The van der Waals surface area contributed by atoms with Gasteiger partial charge < -0.3 is 29.4 Å². The third kappa shape index (κ3) is 2.98. The first kappa shape index (κ1) is 14.5. The Labute approximate surface area is 112 Å². The van der Waals surface area contributed by atoms with Crippen molar-refractivity contribution in [1.82, 2.24) is 5.32 Å². The van der Waals surface area contributed by atoms with Crippen molar-refractivity contribution >= 4 is 12.6 Å². The van der Waals surface area contributed by atoms with Gasteiger partial charge in [-0.25, -0.2) is 0 Å². The van der Waals surface area contributed by atoms with E-state index >= 15 is 0 Å². The Morgan fingerprint density at radius 1 is 1.44 bits per heavy atom. The van der Waals surface area contributed by atoms with Crippen molar-refractivity contribution in [3.05, 3.63) is 0 Å². The molecule has 0 aromatic rings. The molecular weight excluding hydrogens is 258 g/mol. The first-order valence-electron chi connectivity index (χ1n) is 6.15. The summed E-state index contributed by atoms with van der Waals surface area (Å²) in [6.07, 6.45) is -2.20. The fourth-order valence-electron chi connectivity index (χ4n) is 2.39. The predicted molar refractivity (Wildman–Crippen MR) is 67.6 cm³/mol. The van der Waals surface area contributed by atoms with Gasteiger partial charge in [-0.15, -0.1) is 0 Å². The summed E-state index contributed by atoms with van der Waals surface area (Å²) in [5, 5.41) is 13.5. The summed E-state index contributed by atoms with van der Waals surface area (Å²) in [5.41, 5.74) is 0. The summed E-state index contributed by atoms with van der Waals surface area (Å²) < 4.78 is 21.9. The van der Waals surface area contributed by atoms with Crippen molar-refractivity contribution in [3.8, 4) is 0 Å². The monoisotopic (exact) mass is 279 g/mol. The summed E-state index contributed by atoms with van der Waals surface area (Å²) >= 11 is 4.16. The van der Waals surface area contributed by atoms with Gasteiger partial charge in [-0.1, -0.05) is 0 Å². The number of thiol groups is 1. The van der Waals surface area contributed by atoms with Crippen molar-refractivity contribution in [1.29, 1.82) is 0 Å². The topological polar surface area (TPSA) is 69.2 Å². The highest BCUT2D eigenvalue weighted by Crippen LogP contribution is 2.28. The number of fused-ring (bicyclic) bond motifs is 1. The summed E-state index contributed by atoms with van der Waals surface area (Å²) in [5.74, 6) is 0.686. The standard InChI is InChI=1S/C11H21NO5S/c1-6-15-5-7-10(16-6)8(12-3-4-18)9(13)11(14-2)17-7/h6-13,18H,3-5H2,1-2H3/t6?,7-,8+,9+,10-,11+/m1/s1. The molecule has 2 N–H and O–H groups in total. The number of ether oxygens (including phenoxy) is 4. The molecule has 2 aliphatic rings. The normalized spacial score (nSPS) is 44.7. The second kappa shape index (κ2) is 6.51. The van der Waals surface area contributed by atoms with Gasteiger partial charge in [0.1, 0.15) is 18.3 Å². The van der Waals surface area contributed by atoms with Crippen LogP contribution in [0.3, 0.4) is 0 Å². The van der Waals surface area contributed by atoms with Gasteiger partial charge in [0.25, 0.3) is 0 Å². The molecule has 0 saturated carbocycles. The Hall–Kier alpha value is 0.110. The molecule has 2 rings (SSSR count). The van der Waals surface area contributed by atoms with E-state index in [0.29, 0.717) is 18.9 Å². The van der Waals surface area contributed by atoms with Gasteiger partial charge >= 0.3 is 0 Å². The lowest BCUT2D eigenvalue weighted by Crippen LogP contribution is -2.67. The van der Waals surface area contributed by atoms with Crippen molar-refractivity contribution in [2.45, 2.75) is 43.9 Å². The number of aliphatic hydroxyl groups is 1. The number of methoxy groups -OCH3 is 1. The summed E-state index contributed by atoms with van der Waals surface area (Å²) in [4.78, 5) is 0. The highest BCUT2D eigenvalue weighted by atomic mass is 32.1. The Morgan fingerprint density at radius 2 is 2.22 bits per heavy atom. The van der Waals surface area contributed by atoms with Gasteiger partial charge in [0.2, 0.25) is 0 Å². The first-order valence-corrected chi connectivity index (χ1v) is 6.78. The molecule has 0 radical (unpaired) electrons. The minimum atomic E-state index is -0.776. The molecule has 0 aromatic carbocycles. The molecule has 106 valence electrons. The smallest absolute Gasteiger partial charge is 0.185 e. The molecule has 0 bridgehead atoms. The molecule has 0 aromatic heterocycles. The minimum Gasteiger partial charge on any atom is -0.386 e. The third-order valence-electron chi connectivity index (χ3n) is 3.24. The molecule has 2 fully saturated rings. The van der Waals surface area contributed by atoms with Crippen LogP contribution < -0.4 is 5.32 Å². The number of hydrogen-bond acceptors (Lipinski definition) is 7. The summed E-state index contributed by atoms with van der Waals surface area (Å²) in [7, 11) is 1.51. The molecule has 2 heterocycles. The van der Waals surface area contributed by atoms with E-state index in [4.69, 9.17) is 18.9 Å². The van der Waals surface area contributed by atoms with Crippen LogP contribution in [0.25, 0.3) is 0 Å². The molecule has 0 spiro atoms. The van der Waals surface area contributed by atoms with E-state index in [2.05, 4.69) is 17.9 Å². The maximum atomic E-state index is 10.2. The van der Waals surface area contributed by atoms with E-state index in [9.17, 15) is 5.11 Å². The van der Waals surface area contributed by atoms with Gasteiger partial charge in [0.15, 0.2) is 12.6 Å². The van der Waals surface area contributed by atoms with Gasteiger partial charge in [0, 0.05) is 19.4 Å². The first-order chi connectivity index (χ1) is 8.67. The van der Waals surface area contributed by atoms with Crippen molar-refractivity contribution in [2.24, 2.45) is 0 Å². The lowest BCUT2D eigenvalue weighted by Gasteiger charge is -2.47. The van der Waals surface area contributed by atoms with Crippen LogP contribution in [0.15, 0.2) is 0 Å². The zero-order valence-electron chi connectivity index (χ0n) is 10.6. The maximum absolute atomic E-state index is 10.2. The van der Waals surface area contributed by atoms with Crippen LogP contribution in [-0.2, 0) is 18.9 Å². The Balaban J connectivity index is 2.08. The quantitative estimate of drug-likeness (QED) is 0.595. The molecule has 0 amide bonds. The second-order valence-corrected chi connectivity index (χ2v) is 4.92. The maximum Gasteiger partial charge on any atom is 0.185 e. The van der Waals surface area contributed by atoms with Crippen LogP contribution in [0.2, 0.25) is 0 Å². The van der Waals surface area contributed by atoms with Crippen molar-refractivity contribution < 1.29 is 24.1 Å². The molecule has 2 aliphatic heterocycles. The van der Waals surface area contributed by atoms with Crippen LogP contribution in [0.1, 0.15) is 6.92 Å². The van der Waals surface area contributed by atoms with E-state index in [1.165, 1.54) is 7.11 Å². The molecule has 18 heavy (non-hydrogen) atoms. The molecule has 7 heteroatoms. The number of nitrogens with one attached hydrogen (secondary N) is 1. The van der Waals surface area contributed by atoms with E-state index in [0.717, 1.165) is 0 Å². The molecule has 6 atom stereocenters. The van der Waals surface area contributed by atoms with E-state index in [1.54, 1.807) is 0 Å². The largest absolute Gasteiger partial charge is 0.386 e. The van der Waals surface area contributed by atoms with Crippen LogP contribution in [0.5, 0.6) is 0 Å². The fraction of sp³-hybridized carbons (Fsp3) is 1.00. The van der Waals surface area contributed by atoms with Gasteiger partial charge in [-0.3, -0.25) is 0 Å². The molecule has 0 aliphatic carbocycles. The lowest BCUT2D eigenvalue weighted by atomic mass is 9.95. The van der Waals surface area contributed by atoms with Gasteiger partial charge in [-0.2, -0.15) is 12.6 Å². The van der Waals surface area contributed by atoms with Crippen molar-refractivity contribution in [2.75, 3.05) is 26.0 Å². The van der Waals surface area contributed by atoms with Crippen LogP contribution >= 0.6 is 12.6 Å². The second-order valence-electron chi connectivity index (χ2n) is 4.47. The van der Waals surface area contributed by atoms with E-state index in [1.807, 2.05) is 6.92 Å². The zero-order valence-corrected chi connectivity index (χ0v) is 11.5.